The van der Waals surface area contributed by atoms with Gasteiger partial charge in [0.1, 0.15) is 11.4 Å². The predicted molar refractivity (Wildman–Crippen MR) is 60.9 cm³/mol. The molecule has 0 saturated heterocycles. The van der Waals surface area contributed by atoms with Crippen molar-refractivity contribution in [2.24, 2.45) is 0 Å². The van der Waals surface area contributed by atoms with E-state index < -0.39 is 5.97 Å². The van der Waals surface area contributed by atoms with Crippen LogP contribution >= 0.6 is 22.9 Å². The molecule has 0 aliphatic rings. The number of thiazole rings is 1. The number of carbonyl (C=O) groups excluding carboxylic acids is 1. The van der Waals surface area contributed by atoms with E-state index >= 15 is 0 Å². The van der Waals surface area contributed by atoms with Crippen molar-refractivity contribution in [2.45, 2.75) is 6.54 Å². The Morgan fingerprint density at radius 2 is 2.44 bits per heavy atom. The Labute approximate surface area is 99.2 Å². The molecule has 2 aromatic rings. The molecule has 0 fully saturated rings. The third kappa shape index (κ3) is 1.94. The monoisotopic (exact) mass is 258 g/mol. The van der Waals surface area contributed by atoms with Crippen LogP contribution in [0.25, 0.3) is 10.3 Å². The largest absolute Gasteiger partial charge is 0.468 e. The molecule has 0 bridgehead atoms. The zero-order valence-corrected chi connectivity index (χ0v) is 9.84. The number of esters is 1. The number of hydrogen-bond donors (Lipinski definition) is 0. The van der Waals surface area contributed by atoms with Crippen LogP contribution in [0.15, 0.2) is 17.1 Å². The fraction of sp³-hybridized carbons (Fsp3) is 0.222. The van der Waals surface area contributed by atoms with Gasteiger partial charge in [-0.25, -0.2) is 4.98 Å². The molecule has 0 spiro atoms. The van der Waals surface area contributed by atoms with Crippen molar-refractivity contribution in [2.75, 3.05) is 7.11 Å². The van der Waals surface area contributed by atoms with Crippen LogP contribution in [-0.4, -0.2) is 22.6 Å². The zero-order valence-electron chi connectivity index (χ0n) is 8.27. The summed E-state index contributed by atoms with van der Waals surface area (Å²) in [6.07, 6.45) is 1.46. The van der Waals surface area contributed by atoms with Crippen LogP contribution in [0, 0.1) is 0 Å². The number of fused-ring (bicyclic) bond motifs is 1. The lowest BCUT2D eigenvalue weighted by atomic mass is 10.4. The van der Waals surface area contributed by atoms with Gasteiger partial charge in [-0.3, -0.25) is 14.2 Å². The highest BCUT2D eigenvalue weighted by Crippen LogP contribution is 2.18. The summed E-state index contributed by atoms with van der Waals surface area (Å²) >= 11 is 6.75. The van der Waals surface area contributed by atoms with Crippen LogP contribution in [0.4, 0.5) is 0 Å². The average molecular weight is 259 g/mol. The Kier molecular flexibility index (Phi) is 2.93. The van der Waals surface area contributed by atoms with Gasteiger partial charge in [0.15, 0.2) is 0 Å². The number of hydrogen-bond acceptors (Lipinski definition) is 5. The number of pyridine rings is 1. The molecule has 0 aliphatic heterocycles. The second-order valence-corrected chi connectivity index (χ2v) is 4.38. The normalized spacial score (nSPS) is 10.6. The molecule has 7 heteroatoms. The Morgan fingerprint density at radius 3 is 3.12 bits per heavy atom. The standard InChI is InChI=1S/C9H7ClN2O3S/c1-15-7(13)4-12-6-2-5(10)3-11-8(6)16-9(12)14/h2-3H,4H2,1H3. The van der Waals surface area contributed by atoms with Crippen molar-refractivity contribution >= 4 is 39.3 Å². The minimum Gasteiger partial charge on any atom is -0.468 e. The van der Waals surface area contributed by atoms with E-state index in [1.807, 2.05) is 0 Å². The van der Waals surface area contributed by atoms with Crippen molar-refractivity contribution in [3.8, 4) is 0 Å². The summed E-state index contributed by atoms with van der Waals surface area (Å²) in [5.41, 5.74) is 0.549. The van der Waals surface area contributed by atoms with Crippen LogP contribution in [0.1, 0.15) is 0 Å². The number of ether oxygens (including phenoxy) is 1. The quantitative estimate of drug-likeness (QED) is 0.762. The summed E-state index contributed by atoms with van der Waals surface area (Å²) in [4.78, 5) is 27.0. The van der Waals surface area contributed by atoms with Crippen molar-refractivity contribution < 1.29 is 9.53 Å². The van der Waals surface area contributed by atoms with Gasteiger partial charge < -0.3 is 4.74 Å². The van der Waals surface area contributed by atoms with Gasteiger partial charge in [0.25, 0.3) is 0 Å². The van der Waals surface area contributed by atoms with Crippen LogP contribution < -0.4 is 4.87 Å². The van der Waals surface area contributed by atoms with E-state index in [1.54, 1.807) is 6.07 Å². The molecule has 2 heterocycles. The molecule has 84 valence electrons. The highest BCUT2D eigenvalue weighted by atomic mass is 35.5. The van der Waals surface area contributed by atoms with E-state index in [1.165, 1.54) is 17.9 Å². The van der Waals surface area contributed by atoms with E-state index in [0.29, 0.717) is 15.4 Å². The van der Waals surface area contributed by atoms with Gasteiger partial charge in [0.05, 0.1) is 17.6 Å². The van der Waals surface area contributed by atoms with Gasteiger partial charge in [-0.1, -0.05) is 22.9 Å². The molecular formula is C9H7ClN2O3S. The summed E-state index contributed by atoms with van der Waals surface area (Å²) in [7, 11) is 1.27. The Morgan fingerprint density at radius 1 is 1.69 bits per heavy atom. The van der Waals surface area contributed by atoms with E-state index in [4.69, 9.17) is 11.6 Å². The summed E-state index contributed by atoms with van der Waals surface area (Å²) in [6.45, 7) is -0.128. The second kappa shape index (κ2) is 4.23. The molecule has 0 aromatic carbocycles. The van der Waals surface area contributed by atoms with E-state index in [2.05, 4.69) is 9.72 Å². The summed E-state index contributed by atoms with van der Waals surface area (Å²) in [5.74, 6) is -0.484. The maximum atomic E-state index is 11.6. The number of rotatable bonds is 2. The lowest BCUT2D eigenvalue weighted by Gasteiger charge is -2.01. The van der Waals surface area contributed by atoms with Crippen molar-refractivity contribution in [3.63, 3.8) is 0 Å². The van der Waals surface area contributed by atoms with Crippen molar-refractivity contribution in [1.82, 2.24) is 9.55 Å². The second-order valence-electron chi connectivity index (χ2n) is 3.01. The maximum Gasteiger partial charge on any atom is 0.325 e. The molecule has 2 aromatic heterocycles. The van der Waals surface area contributed by atoms with Crippen LogP contribution in [0.5, 0.6) is 0 Å². The van der Waals surface area contributed by atoms with Gasteiger partial charge in [-0.05, 0) is 6.07 Å². The minimum atomic E-state index is -0.484. The topological polar surface area (TPSA) is 61.2 Å². The highest BCUT2D eigenvalue weighted by Gasteiger charge is 2.12. The lowest BCUT2D eigenvalue weighted by Crippen LogP contribution is -2.19. The van der Waals surface area contributed by atoms with Gasteiger partial charge in [0.2, 0.25) is 0 Å². The minimum absolute atomic E-state index is 0.128. The van der Waals surface area contributed by atoms with Gasteiger partial charge in [-0.15, -0.1) is 0 Å². The number of carbonyl (C=O) groups is 1. The fourth-order valence-corrected chi connectivity index (χ4v) is 2.24. The third-order valence-corrected chi connectivity index (χ3v) is 3.12. The number of halogens is 1. The maximum absolute atomic E-state index is 11.6. The molecule has 0 N–H and O–H groups in total. The Hall–Kier alpha value is -1.40. The molecule has 5 nitrogen and oxygen atoms in total. The Balaban J connectivity index is 2.58. The molecule has 0 aliphatic carbocycles. The summed E-state index contributed by atoms with van der Waals surface area (Å²) in [6, 6.07) is 1.60. The van der Waals surface area contributed by atoms with E-state index in [0.717, 1.165) is 11.3 Å². The predicted octanol–water partition coefficient (Wildman–Crippen LogP) is 1.28. The van der Waals surface area contributed by atoms with Gasteiger partial charge >= 0.3 is 10.8 Å². The first-order chi connectivity index (χ1) is 7.61. The molecule has 0 unspecified atom stereocenters. The highest BCUT2D eigenvalue weighted by molar-refractivity contribution is 7.16. The summed E-state index contributed by atoms with van der Waals surface area (Å²) < 4.78 is 5.81. The molecule has 0 radical (unpaired) electrons. The molecule has 0 atom stereocenters. The zero-order chi connectivity index (χ0) is 11.7. The van der Waals surface area contributed by atoms with Gasteiger partial charge in [0, 0.05) is 6.20 Å². The molecule has 0 saturated carbocycles. The van der Waals surface area contributed by atoms with Gasteiger partial charge in [-0.2, -0.15) is 0 Å². The first-order valence-corrected chi connectivity index (χ1v) is 5.53. The lowest BCUT2D eigenvalue weighted by molar-refractivity contribution is -0.141. The molecule has 0 amide bonds. The average Bonchev–Trinajstić information content (AvgIpc) is 2.55. The first-order valence-electron chi connectivity index (χ1n) is 4.33. The summed E-state index contributed by atoms with van der Waals surface area (Å²) in [5, 5.41) is 0.420. The Bertz CT molecular complexity index is 604. The molecule has 2 rings (SSSR count). The smallest absolute Gasteiger partial charge is 0.325 e. The van der Waals surface area contributed by atoms with Crippen molar-refractivity contribution in [1.29, 1.82) is 0 Å². The fourth-order valence-electron chi connectivity index (χ4n) is 1.27. The van der Waals surface area contributed by atoms with Crippen molar-refractivity contribution in [3.05, 3.63) is 27.0 Å². The van der Waals surface area contributed by atoms with Crippen LogP contribution in [0.3, 0.4) is 0 Å². The van der Waals surface area contributed by atoms with E-state index in [-0.39, 0.29) is 11.4 Å². The SMILES string of the molecule is COC(=O)Cn1c(=O)sc2ncc(Cl)cc21. The number of nitrogens with zero attached hydrogens (tertiary/aromatic N) is 2. The third-order valence-electron chi connectivity index (χ3n) is 2.01. The number of aromatic nitrogens is 2. The molecule has 16 heavy (non-hydrogen) atoms. The van der Waals surface area contributed by atoms with E-state index in [9.17, 15) is 9.59 Å². The van der Waals surface area contributed by atoms with Crippen LogP contribution in [-0.2, 0) is 16.1 Å². The van der Waals surface area contributed by atoms with Crippen LogP contribution in [0.2, 0.25) is 5.02 Å². The molecular weight excluding hydrogens is 252 g/mol. The number of methoxy groups -OCH3 is 1. The first kappa shape index (κ1) is 11.1.